The highest BCUT2D eigenvalue weighted by atomic mass is 16.4. The molecule has 0 aromatic carbocycles. The largest absolute Gasteiger partial charge is 0.481 e. The zero-order valence-corrected chi connectivity index (χ0v) is 9.17. The summed E-state index contributed by atoms with van der Waals surface area (Å²) in [6.45, 7) is 2.15. The number of carboxylic acids is 1. The quantitative estimate of drug-likeness (QED) is 0.734. The third-order valence-corrected chi connectivity index (χ3v) is 3.41. The lowest BCUT2D eigenvalue weighted by Gasteiger charge is -2.29. The Morgan fingerprint density at radius 1 is 1.36 bits per heavy atom. The average molecular weight is 198 g/mol. The first-order chi connectivity index (χ1) is 6.74. The van der Waals surface area contributed by atoms with E-state index in [2.05, 4.69) is 6.92 Å². The van der Waals surface area contributed by atoms with Crippen LogP contribution in [-0.4, -0.2) is 11.1 Å². The molecule has 0 aromatic rings. The van der Waals surface area contributed by atoms with Crippen molar-refractivity contribution in [2.75, 3.05) is 0 Å². The van der Waals surface area contributed by atoms with Gasteiger partial charge in [-0.2, -0.15) is 0 Å². The van der Waals surface area contributed by atoms with Gasteiger partial charge in [0.05, 0.1) is 0 Å². The van der Waals surface area contributed by atoms with E-state index < -0.39 is 5.97 Å². The minimum absolute atomic E-state index is 0.387. The van der Waals surface area contributed by atoms with Crippen molar-refractivity contribution in [3.05, 3.63) is 0 Å². The summed E-state index contributed by atoms with van der Waals surface area (Å²) in [4.78, 5) is 10.7. The lowest BCUT2D eigenvalue weighted by Crippen LogP contribution is -2.20. The fraction of sp³-hybridized carbons (Fsp3) is 0.917. The summed E-state index contributed by atoms with van der Waals surface area (Å²) in [5, 5.41) is 8.84. The van der Waals surface area contributed by atoms with E-state index in [9.17, 15) is 4.79 Å². The lowest BCUT2D eigenvalue weighted by molar-refractivity contribution is -0.138. The minimum atomic E-state index is -0.617. The molecule has 0 heterocycles. The summed E-state index contributed by atoms with van der Waals surface area (Å²) < 4.78 is 0. The molecule has 2 nitrogen and oxygen atoms in total. The molecule has 1 aliphatic carbocycles. The summed E-state index contributed by atoms with van der Waals surface area (Å²) in [5.74, 6) is 0.520. The van der Waals surface area contributed by atoms with Gasteiger partial charge in [-0.1, -0.05) is 45.4 Å². The molecule has 0 spiro atoms. The molecule has 82 valence electrons. The molecule has 1 N–H and O–H groups in total. The van der Waals surface area contributed by atoms with E-state index in [1.54, 1.807) is 0 Å². The van der Waals surface area contributed by atoms with Gasteiger partial charge in [0.1, 0.15) is 0 Å². The maximum absolute atomic E-state index is 10.7. The maximum Gasteiger partial charge on any atom is 0.303 e. The van der Waals surface area contributed by atoms with Crippen molar-refractivity contribution < 1.29 is 9.90 Å². The van der Waals surface area contributed by atoms with Crippen LogP contribution in [0.4, 0.5) is 0 Å². The van der Waals surface area contributed by atoms with Gasteiger partial charge in [-0.25, -0.2) is 0 Å². The molecule has 0 bridgehead atoms. The average Bonchev–Trinajstić information content (AvgIpc) is 2.18. The number of aliphatic carboxylic acids is 1. The lowest BCUT2D eigenvalue weighted by atomic mass is 9.77. The highest BCUT2D eigenvalue weighted by Gasteiger charge is 2.24. The first kappa shape index (κ1) is 11.5. The number of carboxylic acid groups (broad SMARTS) is 1. The molecule has 2 heteroatoms. The zero-order chi connectivity index (χ0) is 10.4. The van der Waals surface area contributed by atoms with Crippen LogP contribution in [0.5, 0.6) is 0 Å². The third-order valence-electron chi connectivity index (χ3n) is 3.41. The fourth-order valence-electron chi connectivity index (χ4n) is 2.71. The van der Waals surface area contributed by atoms with E-state index in [1.165, 1.54) is 32.1 Å². The molecule has 0 amide bonds. The molecule has 0 aromatic heterocycles. The van der Waals surface area contributed by atoms with Gasteiger partial charge in [-0.15, -0.1) is 0 Å². The van der Waals surface area contributed by atoms with Crippen molar-refractivity contribution >= 4 is 5.97 Å². The van der Waals surface area contributed by atoms with Crippen LogP contribution < -0.4 is 0 Å². The van der Waals surface area contributed by atoms with Crippen LogP contribution in [0.15, 0.2) is 0 Å². The van der Waals surface area contributed by atoms with Gasteiger partial charge in [0, 0.05) is 6.42 Å². The van der Waals surface area contributed by atoms with E-state index in [0.717, 1.165) is 12.8 Å². The Balaban J connectivity index is 2.42. The van der Waals surface area contributed by atoms with E-state index in [0.29, 0.717) is 18.3 Å². The van der Waals surface area contributed by atoms with Crippen molar-refractivity contribution in [1.82, 2.24) is 0 Å². The van der Waals surface area contributed by atoms with Crippen molar-refractivity contribution in [1.29, 1.82) is 0 Å². The van der Waals surface area contributed by atoms with Gasteiger partial charge in [0.2, 0.25) is 0 Å². The van der Waals surface area contributed by atoms with Crippen LogP contribution in [0.25, 0.3) is 0 Å². The molecule has 0 aliphatic heterocycles. The Labute approximate surface area is 86.7 Å². The predicted molar refractivity (Wildman–Crippen MR) is 57.2 cm³/mol. The topological polar surface area (TPSA) is 37.3 Å². The van der Waals surface area contributed by atoms with E-state index >= 15 is 0 Å². The van der Waals surface area contributed by atoms with Crippen molar-refractivity contribution in [3.63, 3.8) is 0 Å². The molecule has 1 aliphatic rings. The zero-order valence-electron chi connectivity index (χ0n) is 9.17. The molecule has 1 atom stereocenters. The predicted octanol–water partition coefficient (Wildman–Crippen LogP) is 3.46. The second kappa shape index (κ2) is 6.05. The highest BCUT2D eigenvalue weighted by Crippen LogP contribution is 2.34. The monoisotopic (exact) mass is 198 g/mol. The third kappa shape index (κ3) is 3.69. The summed E-state index contributed by atoms with van der Waals surface area (Å²) in [7, 11) is 0. The molecule has 0 saturated heterocycles. The van der Waals surface area contributed by atoms with Crippen LogP contribution in [0.2, 0.25) is 0 Å². The molecular weight excluding hydrogens is 176 g/mol. The Morgan fingerprint density at radius 2 is 2.00 bits per heavy atom. The molecule has 0 unspecified atom stereocenters. The van der Waals surface area contributed by atoms with Crippen LogP contribution >= 0.6 is 0 Å². The summed E-state index contributed by atoms with van der Waals surface area (Å²) in [6, 6.07) is 0. The van der Waals surface area contributed by atoms with Crippen LogP contribution in [-0.2, 0) is 4.79 Å². The molecule has 1 rings (SSSR count). The Bertz CT molecular complexity index is 171. The Morgan fingerprint density at radius 3 is 2.50 bits per heavy atom. The van der Waals surface area contributed by atoms with Crippen LogP contribution in [0, 0.1) is 11.8 Å². The Kier molecular flexibility index (Phi) is 4.99. The molecule has 1 saturated carbocycles. The minimum Gasteiger partial charge on any atom is -0.481 e. The normalized spacial score (nSPS) is 20.6. The number of hydrogen-bond acceptors (Lipinski definition) is 1. The number of carbonyl (C=O) groups is 1. The van der Waals surface area contributed by atoms with Gasteiger partial charge in [-0.05, 0) is 18.3 Å². The number of hydrogen-bond donors (Lipinski definition) is 1. The second-order valence-electron chi connectivity index (χ2n) is 4.54. The molecular formula is C12H22O2. The van der Waals surface area contributed by atoms with Gasteiger partial charge >= 0.3 is 5.97 Å². The summed E-state index contributed by atoms with van der Waals surface area (Å²) in [5.41, 5.74) is 0. The second-order valence-corrected chi connectivity index (χ2v) is 4.54. The maximum atomic E-state index is 10.7. The first-order valence-electron chi connectivity index (χ1n) is 5.95. The van der Waals surface area contributed by atoms with E-state index in [4.69, 9.17) is 5.11 Å². The van der Waals surface area contributed by atoms with E-state index in [1.807, 2.05) is 0 Å². The number of rotatable bonds is 5. The van der Waals surface area contributed by atoms with Gasteiger partial charge in [-0.3, -0.25) is 4.79 Å². The fourth-order valence-corrected chi connectivity index (χ4v) is 2.71. The smallest absolute Gasteiger partial charge is 0.303 e. The molecule has 14 heavy (non-hydrogen) atoms. The summed E-state index contributed by atoms with van der Waals surface area (Å²) >= 11 is 0. The SMILES string of the molecule is CCC[C@H](CC(=O)O)C1CCCCC1. The van der Waals surface area contributed by atoms with E-state index in [-0.39, 0.29) is 0 Å². The van der Waals surface area contributed by atoms with Crippen molar-refractivity contribution in [2.45, 2.75) is 58.3 Å². The summed E-state index contributed by atoms with van der Waals surface area (Å²) in [6.07, 6.45) is 9.09. The van der Waals surface area contributed by atoms with Gasteiger partial charge in [0.25, 0.3) is 0 Å². The van der Waals surface area contributed by atoms with Crippen molar-refractivity contribution in [2.24, 2.45) is 11.8 Å². The molecule has 1 fully saturated rings. The molecule has 0 radical (unpaired) electrons. The first-order valence-corrected chi connectivity index (χ1v) is 5.95. The van der Waals surface area contributed by atoms with Crippen LogP contribution in [0.1, 0.15) is 58.3 Å². The Hall–Kier alpha value is -0.530. The standard InChI is InChI=1S/C12H22O2/c1-2-6-11(9-12(13)14)10-7-4-3-5-8-10/h10-11H,2-9H2,1H3,(H,13,14)/t11-/m1/s1. The van der Waals surface area contributed by atoms with Crippen LogP contribution in [0.3, 0.4) is 0 Å². The van der Waals surface area contributed by atoms with Gasteiger partial charge < -0.3 is 5.11 Å². The van der Waals surface area contributed by atoms with Gasteiger partial charge in [0.15, 0.2) is 0 Å². The van der Waals surface area contributed by atoms with Crippen molar-refractivity contribution in [3.8, 4) is 0 Å². The highest BCUT2D eigenvalue weighted by molar-refractivity contribution is 5.67.